The van der Waals surface area contributed by atoms with Gasteiger partial charge >= 0.3 is 5.69 Å². The number of methoxy groups -OCH3 is 3. The summed E-state index contributed by atoms with van der Waals surface area (Å²) in [4.78, 5) is 36.2. The van der Waals surface area contributed by atoms with Crippen LogP contribution in [0.3, 0.4) is 0 Å². The Balaban J connectivity index is 1.99. The van der Waals surface area contributed by atoms with Crippen LogP contribution in [0, 0.1) is 0 Å². The Morgan fingerprint density at radius 2 is 1.85 bits per heavy atom. The van der Waals surface area contributed by atoms with Gasteiger partial charge in [-0.15, -0.1) is 0 Å². The van der Waals surface area contributed by atoms with Gasteiger partial charge in [0.15, 0.2) is 11.5 Å². The number of hydrogen-bond acceptors (Lipinski definition) is 8. The number of amides is 1. The summed E-state index contributed by atoms with van der Waals surface area (Å²) >= 11 is 0. The molecule has 0 aliphatic rings. The molecule has 0 aliphatic carbocycles. The van der Waals surface area contributed by atoms with Crippen LogP contribution in [0.5, 0.6) is 17.2 Å². The summed E-state index contributed by atoms with van der Waals surface area (Å²) in [6.45, 7) is 0. The minimum Gasteiger partial charge on any atom is -0.493 e. The lowest BCUT2D eigenvalue weighted by atomic mass is 10.2. The van der Waals surface area contributed by atoms with E-state index in [4.69, 9.17) is 14.2 Å². The summed E-state index contributed by atoms with van der Waals surface area (Å²) in [6, 6.07) is 3.33. The van der Waals surface area contributed by atoms with E-state index in [-0.39, 0.29) is 18.5 Å². The molecule has 0 spiro atoms. The quantitative estimate of drug-likeness (QED) is 0.417. The molecule has 144 valence electrons. The number of hydrazone groups is 1. The SMILES string of the molecule is COc1cc(/C=N/NC(=O)CCc2n[nH]c(=O)[nH]c2=O)cc(OC)c1OC. The maximum atomic E-state index is 11.8. The van der Waals surface area contributed by atoms with Gasteiger partial charge in [-0.1, -0.05) is 0 Å². The summed E-state index contributed by atoms with van der Waals surface area (Å²) < 4.78 is 15.7. The molecule has 27 heavy (non-hydrogen) atoms. The first kappa shape index (κ1) is 19.7. The number of nitrogens with zero attached hydrogens (tertiary/aromatic N) is 2. The third-order valence-electron chi connectivity index (χ3n) is 3.46. The minimum absolute atomic E-state index is 0.0330. The smallest absolute Gasteiger partial charge is 0.342 e. The molecule has 1 aromatic carbocycles. The first-order valence-corrected chi connectivity index (χ1v) is 7.78. The summed E-state index contributed by atoms with van der Waals surface area (Å²) in [6.07, 6.45) is 1.43. The maximum Gasteiger partial charge on any atom is 0.342 e. The largest absolute Gasteiger partial charge is 0.493 e. The van der Waals surface area contributed by atoms with Gasteiger partial charge in [0.05, 0.1) is 27.5 Å². The van der Waals surface area contributed by atoms with Crippen molar-refractivity contribution in [3.8, 4) is 17.2 Å². The van der Waals surface area contributed by atoms with E-state index >= 15 is 0 Å². The van der Waals surface area contributed by atoms with Crippen LogP contribution >= 0.6 is 0 Å². The molecule has 0 bridgehead atoms. The lowest BCUT2D eigenvalue weighted by Gasteiger charge is -2.12. The van der Waals surface area contributed by atoms with Crippen LogP contribution < -0.4 is 30.9 Å². The zero-order valence-electron chi connectivity index (χ0n) is 15.0. The van der Waals surface area contributed by atoms with E-state index in [0.29, 0.717) is 22.8 Å². The molecule has 0 radical (unpaired) electrons. The molecule has 3 N–H and O–H groups in total. The number of H-pyrrole nitrogens is 2. The number of benzene rings is 1. The van der Waals surface area contributed by atoms with E-state index in [0.717, 1.165) is 0 Å². The molecular formula is C16H19N5O6. The minimum atomic E-state index is -0.705. The summed E-state index contributed by atoms with van der Waals surface area (Å²) in [7, 11) is 4.48. The molecule has 2 rings (SSSR count). The van der Waals surface area contributed by atoms with Crippen LogP contribution in [0.15, 0.2) is 26.8 Å². The third kappa shape index (κ3) is 5.17. The number of aromatic amines is 2. The van der Waals surface area contributed by atoms with Gasteiger partial charge in [0.1, 0.15) is 5.69 Å². The zero-order chi connectivity index (χ0) is 19.8. The van der Waals surface area contributed by atoms with Crippen LogP contribution in [-0.4, -0.2) is 48.6 Å². The number of ether oxygens (including phenoxy) is 3. The van der Waals surface area contributed by atoms with Gasteiger partial charge in [-0.25, -0.2) is 15.3 Å². The second-order valence-electron chi connectivity index (χ2n) is 5.21. The Labute approximate surface area is 153 Å². The molecular weight excluding hydrogens is 358 g/mol. The fourth-order valence-corrected chi connectivity index (χ4v) is 2.18. The lowest BCUT2D eigenvalue weighted by molar-refractivity contribution is -0.121. The molecule has 0 aliphatic heterocycles. The fraction of sp³-hybridized carbons (Fsp3) is 0.312. The van der Waals surface area contributed by atoms with Crippen molar-refractivity contribution in [2.75, 3.05) is 21.3 Å². The number of rotatable bonds is 8. The van der Waals surface area contributed by atoms with Crippen molar-refractivity contribution < 1.29 is 19.0 Å². The zero-order valence-corrected chi connectivity index (χ0v) is 15.0. The van der Waals surface area contributed by atoms with Crippen molar-refractivity contribution in [3.05, 3.63) is 44.2 Å². The van der Waals surface area contributed by atoms with Gasteiger partial charge < -0.3 is 14.2 Å². The Hall–Kier alpha value is -3.63. The highest BCUT2D eigenvalue weighted by Crippen LogP contribution is 2.37. The van der Waals surface area contributed by atoms with Crippen molar-refractivity contribution in [3.63, 3.8) is 0 Å². The summed E-state index contributed by atoms with van der Waals surface area (Å²) in [5.41, 5.74) is 1.67. The van der Waals surface area contributed by atoms with Crippen molar-refractivity contribution in [2.45, 2.75) is 12.8 Å². The second kappa shape index (κ2) is 9.17. The van der Waals surface area contributed by atoms with Gasteiger partial charge in [0.25, 0.3) is 5.56 Å². The molecule has 0 atom stereocenters. The number of carbonyl (C=O) groups is 1. The molecule has 0 fully saturated rings. The van der Waals surface area contributed by atoms with Gasteiger partial charge in [-0.05, 0) is 12.1 Å². The van der Waals surface area contributed by atoms with Crippen LogP contribution in [0.25, 0.3) is 0 Å². The predicted octanol–water partition coefficient (Wildman–Crippen LogP) is -0.433. The van der Waals surface area contributed by atoms with E-state index in [9.17, 15) is 14.4 Å². The molecule has 2 aromatic rings. The number of aromatic nitrogens is 3. The van der Waals surface area contributed by atoms with Gasteiger partial charge in [-0.2, -0.15) is 10.2 Å². The molecule has 0 unspecified atom stereocenters. The lowest BCUT2D eigenvalue weighted by Crippen LogP contribution is -2.28. The van der Waals surface area contributed by atoms with Crippen LogP contribution in [0.1, 0.15) is 17.7 Å². The summed E-state index contributed by atoms with van der Waals surface area (Å²) in [5, 5.41) is 9.55. The average Bonchev–Trinajstić information content (AvgIpc) is 2.66. The van der Waals surface area contributed by atoms with Crippen LogP contribution in [0.4, 0.5) is 0 Å². The van der Waals surface area contributed by atoms with Crippen LogP contribution in [-0.2, 0) is 11.2 Å². The van der Waals surface area contributed by atoms with Crippen molar-refractivity contribution >= 4 is 12.1 Å². The molecule has 0 saturated heterocycles. The average molecular weight is 377 g/mol. The number of hydrogen-bond donors (Lipinski definition) is 3. The first-order chi connectivity index (χ1) is 13.0. The topological polar surface area (TPSA) is 148 Å². The molecule has 0 saturated carbocycles. The Morgan fingerprint density at radius 3 is 2.41 bits per heavy atom. The maximum absolute atomic E-state index is 11.8. The van der Waals surface area contributed by atoms with Gasteiger partial charge in [-0.3, -0.25) is 14.6 Å². The molecule has 11 nitrogen and oxygen atoms in total. The van der Waals surface area contributed by atoms with Gasteiger partial charge in [0.2, 0.25) is 11.7 Å². The van der Waals surface area contributed by atoms with Crippen molar-refractivity contribution in [1.82, 2.24) is 20.6 Å². The second-order valence-corrected chi connectivity index (χ2v) is 5.21. The van der Waals surface area contributed by atoms with Crippen molar-refractivity contribution in [1.29, 1.82) is 0 Å². The Bertz CT molecular complexity index is 924. The van der Waals surface area contributed by atoms with E-state index in [1.54, 1.807) is 12.1 Å². The number of aryl methyl sites for hydroxylation is 1. The van der Waals surface area contributed by atoms with Crippen LogP contribution in [0.2, 0.25) is 0 Å². The standard InChI is InChI=1S/C16H19N5O6/c1-25-11-6-9(7-12(26-2)14(11)27-3)8-17-20-13(22)5-4-10-15(23)18-16(24)21-19-10/h6-8H,4-5H2,1-3H3,(H,20,22)(H2,18,21,23,24)/b17-8+. The first-order valence-electron chi connectivity index (χ1n) is 7.78. The van der Waals surface area contributed by atoms with Gasteiger partial charge in [0, 0.05) is 18.4 Å². The third-order valence-corrected chi connectivity index (χ3v) is 3.46. The molecule has 1 amide bonds. The van der Waals surface area contributed by atoms with E-state index in [2.05, 4.69) is 20.7 Å². The molecule has 1 heterocycles. The number of nitrogens with one attached hydrogen (secondary N) is 3. The molecule has 1 aromatic heterocycles. The molecule has 11 heteroatoms. The highest BCUT2D eigenvalue weighted by atomic mass is 16.5. The monoisotopic (exact) mass is 377 g/mol. The summed E-state index contributed by atoms with van der Waals surface area (Å²) in [5.74, 6) is 0.923. The normalized spacial score (nSPS) is 10.6. The van der Waals surface area contributed by atoms with Crippen molar-refractivity contribution in [2.24, 2.45) is 5.10 Å². The number of carbonyl (C=O) groups excluding carboxylic acids is 1. The van der Waals surface area contributed by atoms with E-state index in [1.807, 2.05) is 4.98 Å². The Kier molecular flexibility index (Phi) is 6.69. The van der Waals surface area contributed by atoms with E-state index < -0.39 is 17.2 Å². The Morgan fingerprint density at radius 1 is 1.19 bits per heavy atom. The highest BCUT2D eigenvalue weighted by molar-refractivity contribution is 5.84. The predicted molar refractivity (Wildman–Crippen MR) is 95.6 cm³/mol. The fourth-order valence-electron chi connectivity index (χ4n) is 2.18. The highest BCUT2D eigenvalue weighted by Gasteiger charge is 2.12. The van der Waals surface area contributed by atoms with E-state index in [1.165, 1.54) is 27.5 Å².